The number of hydrogen-bond acceptors (Lipinski definition) is 4. The number of hydrogen-bond donors (Lipinski definition) is 2. The summed E-state index contributed by atoms with van der Waals surface area (Å²) in [7, 11) is 0. The van der Waals surface area contributed by atoms with Gasteiger partial charge in [-0.1, -0.05) is 35.3 Å². The third-order valence-electron chi connectivity index (χ3n) is 3.75. The molecule has 0 aliphatic carbocycles. The standard InChI is InChI=1S/C20H16Cl2N2O3S/c1-2-27-19(25)17-16(12-3-5-13(21)6-4-12)11-28-18(17)24-20(26)23-15-9-7-14(22)8-10-15/h3-11H,2H2,1H3,(H2,23,24,26). The average Bonchev–Trinajstić information content (AvgIpc) is 3.08. The monoisotopic (exact) mass is 434 g/mol. The van der Waals surface area contributed by atoms with Crippen molar-refractivity contribution in [3.05, 3.63) is 69.5 Å². The van der Waals surface area contributed by atoms with E-state index in [2.05, 4.69) is 10.6 Å². The number of carbonyl (C=O) groups excluding carboxylic acids is 2. The highest BCUT2D eigenvalue weighted by molar-refractivity contribution is 7.15. The number of carbonyl (C=O) groups is 2. The minimum Gasteiger partial charge on any atom is -0.462 e. The summed E-state index contributed by atoms with van der Waals surface area (Å²) in [6.45, 7) is 1.96. The van der Waals surface area contributed by atoms with Crippen molar-refractivity contribution in [2.75, 3.05) is 17.2 Å². The van der Waals surface area contributed by atoms with Crippen LogP contribution in [-0.4, -0.2) is 18.6 Å². The van der Waals surface area contributed by atoms with Crippen molar-refractivity contribution < 1.29 is 14.3 Å². The molecule has 1 heterocycles. The van der Waals surface area contributed by atoms with E-state index in [1.165, 1.54) is 11.3 Å². The lowest BCUT2D eigenvalue weighted by molar-refractivity contribution is 0.0529. The molecule has 0 bridgehead atoms. The van der Waals surface area contributed by atoms with E-state index >= 15 is 0 Å². The van der Waals surface area contributed by atoms with Crippen LogP contribution in [0.4, 0.5) is 15.5 Å². The van der Waals surface area contributed by atoms with Gasteiger partial charge in [0.05, 0.1) is 6.61 Å². The van der Waals surface area contributed by atoms with Crippen LogP contribution in [0, 0.1) is 0 Å². The summed E-state index contributed by atoms with van der Waals surface area (Å²) < 4.78 is 5.18. The second-order valence-electron chi connectivity index (χ2n) is 5.67. The number of halogens is 2. The number of ether oxygens (including phenoxy) is 1. The van der Waals surface area contributed by atoms with Gasteiger partial charge in [-0.25, -0.2) is 9.59 Å². The van der Waals surface area contributed by atoms with Gasteiger partial charge in [-0.05, 0) is 48.9 Å². The molecular formula is C20H16Cl2N2O3S. The molecule has 2 aromatic carbocycles. The molecule has 2 amide bonds. The van der Waals surface area contributed by atoms with Gasteiger partial charge in [0.1, 0.15) is 10.6 Å². The minimum atomic E-state index is -0.504. The zero-order valence-corrected chi connectivity index (χ0v) is 17.1. The van der Waals surface area contributed by atoms with Crippen molar-refractivity contribution in [3.63, 3.8) is 0 Å². The number of anilines is 2. The van der Waals surface area contributed by atoms with Gasteiger partial charge in [0.15, 0.2) is 0 Å². The predicted octanol–water partition coefficient (Wildman–Crippen LogP) is 6.54. The highest BCUT2D eigenvalue weighted by atomic mass is 35.5. The Balaban J connectivity index is 1.87. The summed E-state index contributed by atoms with van der Waals surface area (Å²) in [5.74, 6) is -0.504. The molecule has 0 radical (unpaired) electrons. The van der Waals surface area contributed by atoms with Gasteiger partial charge in [0.25, 0.3) is 0 Å². The fourth-order valence-electron chi connectivity index (χ4n) is 2.50. The summed E-state index contributed by atoms with van der Waals surface area (Å²) in [5.41, 5.74) is 2.35. The van der Waals surface area contributed by atoms with Crippen molar-refractivity contribution in [3.8, 4) is 11.1 Å². The zero-order valence-electron chi connectivity index (χ0n) is 14.8. The van der Waals surface area contributed by atoms with Crippen molar-refractivity contribution >= 4 is 57.2 Å². The maximum absolute atomic E-state index is 12.5. The molecule has 144 valence electrons. The second kappa shape index (κ2) is 9.10. The number of esters is 1. The van der Waals surface area contributed by atoms with Gasteiger partial charge in [-0.15, -0.1) is 11.3 Å². The molecule has 2 N–H and O–H groups in total. The summed E-state index contributed by atoms with van der Waals surface area (Å²) in [4.78, 5) is 24.9. The Bertz CT molecular complexity index is 986. The van der Waals surface area contributed by atoms with E-state index in [4.69, 9.17) is 27.9 Å². The quantitative estimate of drug-likeness (QED) is 0.447. The summed E-state index contributed by atoms with van der Waals surface area (Å²) in [6, 6.07) is 13.3. The lowest BCUT2D eigenvalue weighted by atomic mass is 10.0. The Morgan fingerprint density at radius 2 is 1.57 bits per heavy atom. The van der Waals surface area contributed by atoms with Gasteiger partial charge in [-0.3, -0.25) is 5.32 Å². The molecule has 3 rings (SSSR count). The Morgan fingerprint density at radius 1 is 0.964 bits per heavy atom. The van der Waals surface area contributed by atoms with Crippen LogP contribution in [0.2, 0.25) is 10.0 Å². The van der Waals surface area contributed by atoms with Crippen molar-refractivity contribution in [2.24, 2.45) is 0 Å². The van der Waals surface area contributed by atoms with E-state index in [1.54, 1.807) is 48.7 Å². The molecule has 0 aliphatic rings. The minimum absolute atomic E-state index is 0.227. The van der Waals surface area contributed by atoms with Crippen LogP contribution in [0.5, 0.6) is 0 Å². The molecule has 0 spiro atoms. The van der Waals surface area contributed by atoms with E-state index in [-0.39, 0.29) is 6.61 Å². The fraction of sp³-hybridized carbons (Fsp3) is 0.100. The number of urea groups is 1. The predicted molar refractivity (Wildman–Crippen MR) is 115 cm³/mol. The topological polar surface area (TPSA) is 67.4 Å². The lowest BCUT2D eigenvalue weighted by Gasteiger charge is -2.10. The van der Waals surface area contributed by atoms with Crippen LogP contribution in [0.1, 0.15) is 17.3 Å². The van der Waals surface area contributed by atoms with Crippen LogP contribution in [-0.2, 0) is 4.74 Å². The first-order valence-corrected chi connectivity index (χ1v) is 9.99. The third kappa shape index (κ3) is 4.84. The van der Waals surface area contributed by atoms with Gasteiger partial charge in [-0.2, -0.15) is 0 Å². The molecule has 0 atom stereocenters. The van der Waals surface area contributed by atoms with Crippen LogP contribution >= 0.6 is 34.5 Å². The van der Waals surface area contributed by atoms with E-state index in [0.717, 1.165) is 5.56 Å². The van der Waals surface area contributed by atoms with E-state index in [9.17, 15) is 9.59 Å². The number of benzene rings is 2. The Hall–Kier alpha value is -2.54. The van der Waals surface area contributed by atoms with E-state index < -0.39 is 12.0 Å². The first-order valence-electron chi connectivity index (χ1n) is 8.36. The first-order chi connectivity index (χ1) is 13.5. The van der Waals surface area contributed by atoms with Crippen LogP contribution in [0.15, 0.2) is 53.9 Å². The molecule has 0 unspecified atom stereocenters. The Labute approximate surface area is 176 Å². The summed E-state index contributed by atoms with van der Waals surface area (Å²) in [5, 5.41) is 8.79. The second-order valence-corrected chi connectivity index (χ2v) is 7.42. The highest BCUT2D eigenvalue weighted by Gasteiger charge is 2.22. The normalized spacial score (nSPS) is 10.4. The number of nitrogens with one attached hydrogen (secondary N) is 2. The maximum Gasteiger partial charge on any atom is 0.341 e. The summed E-state index contributed by atoms with van der Waals surface area (Å²) >= 11 is 13.0. The SMILES string of the molecule is CCOC(=O)c1c(-c2ccc(Cl)cc2)csc1NC(=O)Nc1ccc(Cl)cc1. The maximum atomic E-state index is 12.5. The summed E-state index contributed by atoms with van der Waals surface area (Å²) in [6.07, 6.45) is 0. The fourth-order valence-corrected chi connectivity index (χ4v) is 3.70. The van der Waals surface area contributed by atoms with Crippen molar-refractivity contribution in [2.45, 2.75) is 6.92 Å². The molecule has 1 aromatic heterocycles. The van der Waals surface area contributed by atoms with Crippen molar-refractivity contribution in [1.29, 1.82) is 0 Å². The molecule has 0 saturated heterocycles. The van der Waals surface area contributed by atoms with Crippen LogP contribution < -0.4 is 10.6 Å². The molecule has 0 fully saturated rings. The van der Waals surface area contributed by atoms with Crippen LogP contribution in [0.3, 0.4) is 0 Å². The Kier molecular flexibility index (Phi) is 6.57. The molecule has 28 heavy (non-hydrogen) atoms. The molecule has 0 saturated carbocycles. The van der Waals surface area contributed by atoms with Gasteiger partial charge >= 0.3 is 12.0 Å². The number of amides is 2. The number of rotatable bonds is 5. The lowest BCUT2D eigenvalue weighted by Crippen LogP contribution is -2.20. The zero-order chi connectivity index (χ0) is 20.1. The molecule has 0 aliphatic heterocycles. The molecule has 8 heteroatoms. The average molecular weight is 435 g/mol. The third-order valence-corrected chi connectivity index (χ3v) is 5.15. The largest absolute Gasteiger partial charge is 0.462 e. The first kappa shape index (κ1) is 20.2. The van der Waals surface area contributed by atoms with Gasteiger partial charge in [0.2, 0.25) is 0 Å². The Morgan fingerprint density at radius 3 is 2.18 bits per heavy atom. The van der Waals surface area contributed by atoms with Crippen LogP contribution in [0.25, 0.3) is 11.1 Å². The van der Waals surface area contributed by atoms with E-state index in [1.807, 2.05) is 12.1 Å². The highest BCUT2D eigenvalue weighted by Crippen LogP contribution is 2.36. The van der Waals surface area contributed by atoms with Gasteiger partial charge in [0, 0.05) is 26.7 Å². The number of thiophene rings is 1. The molecule has 3 aromatic rings. The molecular weight excluding hydrogens is 419 g/mol. The molecule has 5 nitrogen and oxygen atoms in total. The van der Waals surface area contributed by atoms with E-state index in [0.29, 0.717) is 31.9 Å². The van der Waals surface area contributed by atoms with Crippen molar-refractivity contribution in [1.82, 2.24) is 0 Å². The smallest absolute Gasteiger partial charge is 0.341 e. The van der Waals surface area contributed by atoms with Gasteiger partial charge < -0.3 is 10.1 Å².